The SMILES string of the molecule is CCCCC1CCCN2CCc3c([nH]c4ccccc34)C12.[O-][Cl+3]([O-])([O-])O. The Kier molecular flexibility index (Phi) is 6.22. The Morgan fingerprint density at radius 3 is 2.69 bits per heavy atom. The van der Waals surface area contributed by atoms with E-state index in [0.29, 0.717) is 6.04 Å². The maximum absolute atomic E-state index is 8.60. The number of hydrogen-bond acceptors (Lipinski definition) is 5. The molecule has 7 heteroatoms. The van der Waals surface area contributed by atoms with Gasteiger partial charge in [0.05, 0.1) is 20.9 Å². The third-order valence-corrected chi connectivity index (χ3v) is 5.58. The summed E-state index contributed by atoms with van der Waals surface area (Å²) < 4.78 is 32.7. The number of para-hydroxylation sites is 1. The van der Waals surface area contributed by atoms with Crippen LogP contribution in [0.2, 0.25) is 0 Å². The standard InChI is InChI=1S/C19H26N2.ClHO4/c1-2-3-7-14-8-6-12-21-13-11-16-15-9-4-5-10-17(15)20-18(16)19(14)21;2-1(3,4)5/h4-5,9-10,14,19-20H,2-3,6-8,11-13H2,1H3;(H,2,3,4,5). The van der Waals surface area contributed by atoms with E-state index in [4.69, 9.17) is 18.6 Å². The van der Waals surface area contributed by atoms with Crippen molar-refractivity contribution in [3.05, 3.63) is 35.5 Å². The zero-order chi connectivity index (χ0) is 18.7. The minimum Gasteiger partial charge on any atom is -0.357 e. The Hall–Kier alpha value is -1.15. The molecule has 2 aliphatic rings. The van der Waals surface area contributed by atoms with Crippen molar-refractivity contribution in [3.63, 3.8) is 0 Å². The topological polar surface area (TPSA) is 108 Å². The maximum Gasteiger partial charge on any atom is 0.0777 e. The monoisotopic (exact) mass is 382 g/mol. The number of halogens is 1. The number of rotatable bonds is 3. The fourth-order valence-electron chi connectivity index (χ4n) is 4.59. The largest absolute Gasteiger partial charge is 0.357 e. The highest BCUT2D eigenvalue weighted by Gasteiger charge is 2.37. The van der Waals surface area contributed by atoms with Crippen molar-refractivity contribution in [1.29, 1.82) is 0 Å². The second kappa shape index (κ2) is 8.25. The molecular formula is C19H27ClN2O4. The average Bonchev–Trinajstić information content (AvgIpc) is 2.97. The first-order chi connectivity index (χ1) is 12.4. The van der Waals surface area contributed by atoms with Crippen LogP contribution in [-0.2, 0) is 6.42 Å². The number of benzene rings is 1. The van der Waals surface area contributed by atoms with Crippen molar-refractivity contribution in [2.24, 2.45) is 5.92 Å². The molecule has 2 N–H and O–H groups in total. The Morgan fingerprint density at radius 1 is 1.23 bits per heavy atom. The average molecular weight is 383 g/mol. The van der Waals surface area contributed by atoms with Crippen molar-refractivity contribution < 1.29 is 28.9 Å². The molecule has 2 aliphatic heterocycles. The highest BCUT2D eigenvalue weighted by molar-refractivity contribution is 5.85. The second-order valence-electron chi connectivity index (χ2n) is 7.23. The summed E-state index contributed by atoms with van der Waals surface area (Å²) in [6, 6.07) is 9.52. The predicted molar refractivity (Wildman–Crippen MR) is 90.8 cm³/mol. The summed E-state index contributed by atoms with van der Waals surface area (Å²) in [6.45, 7) is 4.86. The summed E-state index contributed by atoms with van der Waals surface area (Å²) in [5.41, 5.74) is 4.49. The number of H-pyrrole nitrogens is 1. The predicted octanol–water partition coefficient (Wildman–Crippen LogP) is 0.543. The first-order valence-electron chi connectivity index (χ1n) is 9.35. The number of aromatic amines is 1. The number of unbranched alkanes of at least 4 members (excludes halogenated alkanes) is 1. The Morgan fingerprint density at radius 2 is 1.96 bits per heavy atom. The molecular weight excluding hydrogens is 356 g/mol. The molecule has 0 saturated carbocycles. The molecule has 1 saturated heterocycles. The molecule has 1 aromatic carbocycles. The number of hydrogen-bond donors (Lipinski definition) is 2. The van der Waals surface area contributed by atoms with Gasteiger partial charge in [-0.2, -0.15) is 14.0 Å². The van der Waals surface area contributed by atoms with Crippen LogP contribution in [0.4, 0.5) is 0 Å². The van der Waals surface area contributed by atoms with E-state index in [1.807, 2.05) is 0 Å². The van der Waals surface area contributed by atoms with Crippen LogP contribution >= 0.6 is 0 Å². The van der Waals surface area contributed by atoms with Gasteiger partial charge in [-0.1, -0.05) is 38.0 Å². The molecule has 0 spiro atoms. The summed E-state index contributed by atoms with van der Waals surface area (Å²) in [6.07, 6.45) is 8.12. The highest BCUT2D eigenvalue weighted by atomic mass is 35.7. The molecule has 1 fully saturated rings. The number of piperidine rings is 1. The fraction of sp³-hybridized carbons (Fsp3) is 0.579. The molecule has 0 aliphatic carbocycles. The zero-order valence-electron chi connectivity index (χ0n) is 15.1. The van der Waals surface area contributed by atoms with Crippen LogP contribution in [0.1, 0.15) is 56.3 Å². The van der Waals surface area contributed by atoms with Crippen LogP contribution in [0.3, 0.4) is 0 Å². The maximum atomic E-state index is 8.60. The van der Waals surface area contributed by atoms with E-state index in [1.165, 1.54) is 62.5 Å². The number of aromatic nitrogens is 1. The minimum atomic E-state index is -4.69. The van der Waals surface area contributed by atoms with E-state index in [9.17, 15) is 0 Å². The van der Waals surface area contributed by atoms with E-state index in [0.717, 1.165) is 5.92 Å². The quantitative estimate of drug-likeness (QED) is 0.805. The third kappa shape index (κ3) is 4.57. The number of nitrogens with zero attached hydrogens (tertiary/aromatic N) is 1. The Bertz CT molecular complexity index is 722. The Labute approximate surface area is 156 Å². The van der Waals surface area contributed by atoms with Crippen molar-refractivity contribution in [3.8, 4) is 0 Å². The normalized spacial score (nSPS) is 23.1. The molecule has 6 nitrogen and oxygen atoms in total. The second-order valence-corrected chi connectivity index (χ2v) is 8.03. The number of nitrogens with one attached hydrogen (secondary N) is 1. The molecule has 144 valence electrons. The van der Waals surface area contributed by atoms with E-state index in [2.05, 4.69) is 41.1 Å². The van der Waals surface area contributed by atoms with Gasteiger partial charge in [-0.25, -0.2) is 0 Å². The van der Waals surface area contributed by atoms with Gasteiger partial charge in [0, 0.05) is 23.1 Å². The van der Waals surface area contributed by atoms with Crippen LogP contribution in [0.15, 0.2) is 24.3 Å². The van der Waals surface area contributed by atoms with Crippen molar-refractivity contribution in [2.75, 3.05) is 13.1 Å². The van der Waals surface area contributed by atoms with Gasteiger partial charge in [0.15, 0.2) is 0 Å². The molecule has 1 aromatic heterocycles. The van der Waals surface area contributed by atoms with Gasteiger partial charge < -0.3 is 4.98 Å². The van der Waals surface area contributed by atoms with Gasteiger partial charge in [-0.3, -0.25) is 4.90 Å². The summed E-state index contributed by atoms with van der Waals surface area (Å²) in [7, 11) is -4.69. The summed E-state index contributed by atoms with van der Waals surface area (Å²) in [5, 5.41) is 1.46. The summed E-state index contributed by atoms with van der Waals surface area (Å²) in [5.74, 6) is 0.853. The van der Waals surface area contributed by atoms with Crippen molar-refractivity contribution in [1.82, 2.24) is 9.88 Å². The lowest BCUT2D eigenvalue weighted by molar-refractivity contribution is -1.92. The highest BCUT2D eigenvalue weighted by Crippen LogP contribution is 2.44. The lowest BCUT2D eigenvalue weighted by atomic mass is 9.80. The van der Waals surface area contributed by atoms with E-state index in [1.54, 1.807) is 11.3 Å². The van der Waals surface area contributed by atoms with Crippen molar-refractivity contribution >= 4 is 10.9 Å². The lowest BCUT2D eigenvalue weighted by Crippen LogP contribution is -2.58. The van der Waals surface area contributed by atoms with E-state index in [-0.39, 0.29) is 0 Å². The number of fused-ring (bicyclic) bond motifs is 5. The van der Waals surface area contributed by atoms with E-state index < -0.39 is 10.2 Å². The van der Waals surface area contributed by atoms with Crippen molar-refractivity contribution in [2.45, 2.75) is 51.5 Å². The van der Waals surface area contributed by atoms with Gasteiger partial charge in [0.1, 0.15) is 0 Å². The van der Waals surface area contributed by atoms with Gasteiger partial charge >= 0.3 is 0 Å². The molecule has 4 rings (SSSR count). The first-order valence-corrected chi connectivity index (χ1v) is 10.6. The molecule has 3 heterocycles. The third-order valence-electron chi connectivity index (χ3n) is 5.58. The van der Waals surface area contributed by atoms with Crippen LogP contribution < -0.4 is 14.0 Å². The van der Waals surface area contributed by atoms with Gasteiger partial charge in [0.25, 0.3) is 0 Å². The Balaban J connectivity index is 0.000000349. The molecule has 0 amide bonds. The summed E-state index contributed by atoms with van der Waals surface area (Å²) in [4.78, 5) is 6.53. The molecule has 2 aromatic rings. The smallest absolute Gasteiger partial charge is 0.0777 e. The van der Waals surface area contributed by atoms with Gasteiger partial charge in [-0.05, 0) is 49.8 Å². The van der Waals surface area contributed by atoms with Crippen LogP contribution in [0.5, 0.6) is 0 Å². The van der Waals surface area contributed by atoms with Gasteiger partial charge in [0.2, 0.25) is 0 Å². The summed E-state index contributed by atoms with van der Waals surface area (Å²) >= 11 is 0. The van der Waals surface area contributed by atoms with Gasteiger partial charge in [-0.15, -0.1) is 0 Å². The lowest BCUT2D eigenvalue weighted by Gasteiger charge is -2.44. The molecule has 26 heavy (non-hydrogen) atoms. The fourth-order valence-corrected chi connectivity index (χ4v) is 4.59. The minimum absolute atomic E-state index is 0.654. The first kappa shape index (κ1) is 19.6. The van der Waals surface area contributed by atoms with Crippen LogP contribution in [-0.4, -0.2) is 27.6 Å². The molecule has 0 radical (unpaired) electrons. The zero-order valence-corrected chi connectivity index (χ0v) is 15.9. The van der Waals surface area contributed by atoms with E-state index >= 15 is 0 Å². The van der Waals surface area contributed by atoms with Crippen LogP contribution in [0, 0.1) is 16.2 Å². The molecule has 0 bridgehead atoms. The molecule has 2 atom stereocenters. The van der Waals surface area contributed by atoms with Crippen LogP contribution in [0.25, 0.3) is 10.9 Å². The molecule has 2 unspecified atom stereocenters.